The molecule has 3 saturated heterocycles. The molecule has 28 heavy (non-hydrogen) atoms. The van der Waals surface area contributed by atoms with E-state index in [0.29, 0.717) is 12.2 Å². The zero-order valence-corrected chi connectivity index (χ0v) is 16.8. The molecule has 0 aromatic heterocycles. The summed E-state index contributed by atoms with van der Waals surface area (Å²) in [6, 6.07) is 12.1. The molecule has 7 rings (SSSR count). The molecular formula is C23H25NO3P+. The molecule has 1 saturated carbocycles. The highest BCUT2D eigenvalue weighted by atomic mass is 31.2. The summed E-state index contributed by atoms with van der Waals surface area (Å²) in [5, 5.41) is 12.6. The van der Waals surface area contributed by atoms with Gasteiger partial charge in [0.25, 0.3) is 5.91 Å². The van der Waals surface area contributed by atoms with Gasteiger partial charge in [0.15, 0.2) is 0 Å². The van der Waals surface area contributed by atoms with Crippen molar-refractivity contribution in [3.05, 3.63) is 47.5 Å². The van der Waals surface area contributed by atoms with Crippen molar-refractivity contribution in [2.75, 3.05) is 18.9 Å². The van der Waals surface area contributed by atoms with E-state index in [1.165, 1.54) is 19.3 Å². The topological polar surface area (TPSA) is 57.6 Å². The lowest BCUT2D eigenvalue weighted by atomic mass is 9.84. The molecule has 4 nitrogen and oxygen atoms in total. The van der Waals surface area contributed by atoms with E-state index in [4.69, 9.17) is 0 Å². The van der Waals surface area contributed by atoms with Gasteiger partial charge in [-0.15, -0.1) is 0 Å². The smallest absolute Gasteiger partial charge is 0.366 e. The predicted octanol–water partition coefficient (Wildman–Crippen LogP) is 4.08. The first-order valence-corrected chi connectivity index (χ1v) is 12.8. The SMILES string of the molecule is O=C(O)C(N1CCc2c(ccc3ccccc23)C1=O)[P+]12CC3CC(CC1C3)C2. The molecule has 5 aliphatic rings. The molecule has 4 fully saturated rings. The van der Waals surface area contributed by atoms with Crippen molar-refractivity contribution < 1.29 is 14.7 Å². The summed E-state index contributed by atoms with van der Waals surface area (Å²) in [5.41, 5.74) is 2.41. The molecule has 1 amide bonds. The van der Waals surface area contributed by atoms with Crippen molar-refractivity contribution in [2.24, 2.45) is 11.8 Å². The second-order valence-electron chi connectivity index (χ2n) is 9.33. The van der Waals surface area contributed by atoms with Crippen LogP contribution in [-0.2, 0) is 11.2 Å². The van der Waals surface area contributed by atoms with Gasteiger partial charge >= 0.3 is 5.97 Å². The molecule has 2 aromatic carbocycles. The fraction of sp³-hybridized carbons (Fsp3) is 0.478. The molecule has 5 heteroatoms. The zero-order chi connectivity index (χ0) is 19.0. The predicted molar refractivity (Wildman–Crippen MR) is 111 cm³/mol. The van der Waals surface area contributed by atoms with E-state index in [1.807, 2.05) is 24.3 Å². The fourth-order valence-electron chi connectivity index (χ4n) is 7.14. The zero-order valence-electron chi connectivity index (χ0n) is 15.9. The third-order valence-electron chi connectivity index (χ3n) is 7.94. The van der Waals surface area contributed by atoms with Crippen LogP contribution in [0.15, 0.2) is 36.4 Å². The van der Waals surface area contributed by atoms with Gasteiger partial charge in [-0.3, -0.25) is 9.69 Å². The summed E-state index contributed by atoms with van der Waals surface area (Å²) in [7, 11) is -1.64. The molecule has 0 radical (unpaired) electrons. The van der Waals surface area contributed by atoms with E-state index in [1.54, 1.807) is 4.90 Å². The third kappa shape index (κ3) is 2.16. The maximum absolute atomic E-state index is 13.5. The number of nitrogens with zero attached hydrogens (tertiary/aromatic N) is 1. The molecule has 0 spiro atoms. The number of benzene rings is 2. The van der Waals surface area contributed by atoms with Crippen LogP contribution in [0.4, 0.5) is 0 Å². The van der Waals surface area contributed by atoms with Gasteiger partial charge in [0.1, 0.15) is 0 Å². The van der Waals surface area contributed by atoms with Crippen molar-refractivity contribution >= 4 is 29.9 Å². The van der Waals surface area contributed by atoms with Gasteiger partial charge in [-0.05, 0) is 59.9 Å². The van der Waals surface area contributed by atoms with E-state index in [0.717, 1.165) is 52.5 Å². The van der Waals surface area contributed by atoms with Crippen LogP contribution in [0, 0.1) is 11.8 Å². The molecule has 1 N–H and O–H groups in total. The first kappa shape index (κ1) is 17.0. The first-order valence-electron chi connectivity index (χ1n) is 10.5. The Labute approximate surface area is 165 Å². The van der Waals surface area contributed by atoms with Crippen LogP contribution in [0.25, 0.3) is 10.8 Å². The molecule has 3 atom stereocenters. The van der Waals surface area contributed by atoms with Gasteiger partial charge in [0, 0.05) is 12.1 Å². The Morgan fingerprint density at radius 3 is 2.57 bits per heavy atom. The Kier molecular flexibility index (Phi) is 3.51. The highest BCUT2D eigenvalue weighted by Gasteiger charge is 2.70. The van der Waals surface area contributed by atoms with Crippen LogP contribution in [0.1, 0.15) is 35.2 Å². The number of carbonyl (C=O) groups is 2. The number of fused-ring (bicyclic) bond motifs is 3. The highest BCUT2D eigenvalue weighted by molar-refractivity contribution is 7.78. The Hall–Kier alpha value is -1.93. The summed E-state index contributed by atoms with van der Waals surface area (Å²) >= 11 is 0. The van der Waals surface area contributed by atoms with E-state index in [9.17, 15) is 14.7 Å². The maximum atomic E-state index is 13.5. The number of hydrogen-bond donors (Lipinski definition) is 1. The molecular weight excluding hydrogens is 369 g/mol. The molecule has 4 heterocycles. The van der Waals surface area contributed by atoms with Crippen LogP contribution in [-0.4, -0.2) is 52.2 Å². The summed E-state index contributed by atoms with van der Waals surface area (Å²) in [6.45, 7) is 0.542. The molecule has 4 bridgehead atoms. The maximum Gasteiger partial charge on any atom is 0.366 e. The van der Waals surface area contributed by atoms with Crippen molar-refractivity contribution in [3.63, 3.8) is 0 Å². The second-order valence-corrected chi connectivity index (χ2v) is 13.5. The second kappa shape index (κ2) is 5.79. The van der Waals surface area contributed by atoms with Crippen LogP contribution < -0.4 is 0 Å². The normalized spacial score (nSPS) is 34.1. The van der Waals surface area contributed by atoms with Crippen molar-refractivity contribution in [3.8, 4) is 0 Å². The number of aliphatic carboxylic acids is 1. The van der Waals surface area contributed by atoms with Gasteiger partial charge < -0.3 is 5.11 Å². The van der Waals surface area contributed by atoms with Crippen molar-refractivity contribution in [2.45, 2.75) is 37.1 Å². The number of rotatable bonds is 3. The minimum Gasteiger partial charge on any atom is -0.477 e. The lowest BCUT2D eigenvalue weighted by Gasteiger charge is -2.40. The number of amides is 1. The Balaban J connectivity index is 1.42. The standard InChI is InChI=1S/C23H24NO3P/c25-21-20-6-5-16-3-1-2-4-18(16)19(20)7-8-24(21)22(23(26)27)28-12-14-9-15(13-28)11-17(28)10-14/h1-6,14-15,17,22H,7-13H2/p+1. The summed E-state index contributed by atoms with van der Waals surface area (Å²) in [4.78, 5) is 27.8. The Morgan fingerprint density at radius 1 is 1.07 bits per heavy atom. The van der Waals surface area contributed by atoms with Gasteiger partial charge in [0.2, 0.25) is 5.78 Å². The highest BCUT2D eigenvalue weighted by Crippen LogP contribution is 2.82. The minimum absolute atomic E-state index is 0.0556. The number of carboxylic acid groups (broad SMARTS) is 1. The van der Waals surface area contributed by atoms with Gasteiger partial charge in [-0.25, -0.2) is 4.79 Å². The van der Waals surface area contributed by atoms with Crippen molar-refractivity contribution in [1.29, 1.82) is 0 Å². The van der Waals surface area contributed by atoms with Crippen LogP contribution >= 0.6 is 7.26 Å². The Morgan fingerprint density at radius 2 is 1.82 bits per heavy atom. The lowest BCUT2D eigenvalue weighted by Crippen LogP contribution is -2.51. The van der Waals surface area contributed by atoms with Gasteiger partial charge in [-0.1, -0.05) is 30.3 Å². The average molecular weight is 394 g/mol. The monoisotopic (exact) mass is 394 g/mol. The van der Waals surface area contributed by atoms with Gasteiger partial charge in [0.05, 0.1) is 25.2 Å². The van der Waals surface area contributed by atoms with Gasteiger partial charge in [-0.2, -0.15) is 0 Å². The Bertz CT molecular complexity index is 1000. The van der Waals surface area contributed by atoms with E-state index >= 15 is 0 Å². The molecule has 3 unspecified atom stereocenters. The minimum atomic E-state index is -1.64. The molecule has 144 valence electrons. The number of carbonyl (C=O) groups excluding carboxylic acids is 1. The number of carboxylic acids is 1. The van der Waals surface area contributed by atoms with Crippen LogP contribution in [0.2, 0.25) is 0 Å². The quantitative estimate of drug-likeness (QED) is 0.798. The first-order chi connectivity index (χ1) is 13.6. The average Bonchev–Trinajstić information content (AvgIpc) is 3.07. The van der Waals surface area contributed by atoms with Crippen LogP contribution in [0.5, 0.6) is 0 Å². The number of hydrogen-bond acceptors (Lipinski definition) is 2. The molecule has 4 aliphatic heterocycles. The molecule has 2 aromatic rings. The fourth-order valence-corrected chi connectivity index (χ4v) is 13.9. The summed E-state index contributed by atoms with van der Waals surface area (Å²) in [5.74, 6) is 0.0895. The molecule has 1 aliphatic carbocycles. The van der Waals surface area contributed by atoms with E-state index in [-0.39, 0.29) is 5.91 Å². The van der Waals surface area contributed by atoms with Crippen LogP contribution in [0.3, 0.4) is 0 Å². The lowest BCUT2D eigenvalue weighted by molar-refractivity contribution is -0.139. The van der Waals surface area contributed by atoms with E-state index < -0.39 is 19.0 Å². The third-order valence-corrected chi connectivity index (χ3v) is 13.7. The van der Waals surface area contributed by atoms with E-state index in [2.05, 4.69) is 12.1 Å². The van der Waals surface area contributed by atoms with Crippen molar-refractivity contribution in [1.82, 2.24) is 4.90 Å². The largest absolute Gasteiger partial charge is 0.477 e. The summed E-state index contributed by atoms with van der Waals surface area (Å²) < 4.78 is 0. The summed E-state index contributed by atoms with van der Waals surface area (Å²) in [6.07, 6.45) is 6.71.